The summed E-state index contributed by atoms with van der Waals surface area (Å²) in [6.45, 7) is 5.77. The lowest BCUT2D eigenvalue weighted by Crippen LogP contribution is -2.46. The number of rotatable bonds is 4. The second-order valence-corrected chi connectivity index (χ2v) is 7.23. The Labute approximate surface area is 156 Å². The third-order valence-electron chi connectivity index (χ3n) is 4.40. The molecule has 2 heterocycles. The van der Waals surface area contributed by atoms with Crippen LogP contribution in [0.5, 0.6) is 0 Å². The van der Waals surface area contributed by atoms with Crippen LogP contribution in [0.15, 0.2) is 16.9 Å². The lowest BCUT2D eigenvalue weighted by atomic mass is 10.1. The summed E-state index contributed by atoms with van der Waals surface area (Å²) in [4.78, 5) is 30.8. The highest BCUT2D eigenvalue weighted by atomic mass is 32.1. The number of non-ortho nitro benzene ring substituents is 1. The molecule has 0 unspecified atom stereocenters. The van der Waals surface area contributed by atoms with Gasteiger partial charge in [-0.2, -0.15) is 18.2 Å². The van der Waals surface area contributed by atoms with Gasteiger partial charge in [-0.15, -0.1) is 0 Å². The summed E-state index contributed by atoms with van der Waals surface area (Å²) in [6.07, 6.45) is -3.76. The Kier molecular flexibility index (Phi) is 5.33. The fourth-order valence-corrected chi connectivity index (χ4v) is 4.17. The predicted molar refractivity (Wildman–Crippen MR) is 96.5 cm³/mol. The first-order valence-corrected chi connectivity index (χ1v) is 9.20. The van der Waals surface area contributed by atoms with Crippen LogP contribution in [0.25, 0.3) is 10.1 Å². The van der Waals surface area contributed by atoms with Gasteiger partial charge < -0.3 is 4.90 Å². The Balaban J connectivity index is 2.05. The van der Waals surface area contributed by atoms with E-state index in [4.69, 9.17) is 0 Å². The summed E-state index contributed by atoms with van der Waals surface area (Å²) in [6, 6.07) is 1.11. The van der Waals surface area contributed by atoms with Crippen LogP contribution in [0.1, 0.15) is 18.9 Å². The highest BCUT2D eigenvalue weighted by molar-refractivity contribution is 7.22. The Morgan fingerprint density at radius 1 is 1.26 bits per heavy atom. The van der Waals surface area contributed by atoms with E-state index in [-0.39, 0.29) is 10.1 Å². The topological polar surface area (TPSA) is 79.6 Å². The van der Waals surface area contributed by atoms with Gasteiger partial charge in [0.2, 0.25) is 0 Å². The molecule has 0 bridgehead atoms. The number of hydrogen-bond acceptors (Lipinski definition) is 7. The Morgan fingerprint density at radius 3 is 2.48 bits per heavy atom. The molecule has 1 aliphatic heterocycles. The second kappa shape index (κ2) is 7.39. The first-order chi connectivity index (χ1) is 12.7. The van der Waals surface area contributed by atoms with Gasteiger partial charge in [0, 0.05) is 32.2 Å². The van der Waals surface area contributed by atoms with E-state index in [9.17, 15) is 28.1 Å². The number of alkyl halides is 3. The quantitative estimate of drug-likeness (QED) is 0.578. The minimum Gasteiger partial charge on any atom is -0.345 e. The van der Waals surface area contributed by atoms with Crippen LogP contribution in [0.4, 0.5) is 24.0 Å². The van der Waals surface area contributed by atoms with E-state index >= 15 is 0 Å². The van der Waals surface area contributed by atoms with Crippen molar-refractivity contribution >= 4 is 32.2 Å². The van der Waals surface area contributed by atoms with E-state index in [1.807, 2.05) is 4.90 Å². The molecule has 27 heavy (non-hydrogen) atoms. The number of nitro groups is 1. The molecule has 1 saturated heterocycles. The molecule has 11 heteroatoms. The molecule has 0 atom stereocenters. The first kappa shape index (κ1) is 19.5. The molecule has 0 aliphatic carbocycles. The molecule has 1 aliphatic rings. The van der Waals surface area contributed by atoms with Crippen LogP contribution in [0.3, 0.4) is 0 Å². The number of hydrogen-bond donors (Lipinski definition) is 0. The summed E-state index contributed by atoms with van der Waals surface area (Å²) in [5.41, 5.74) is -2.84. The SMILES string of the molecule is CCCN1CCN(c2nc(=O)c3cc(C(F)(F)F)cc([N+](=O)[O-])c3s2)CC1. The van der Waals surface area contributed by atoms with Crippen molar-refractivity contribution in [1.29, 1.82) is 0 Å². The van der Waals surface area contributed by atoms with Crippen molar-refractivity contribution in [2.45, 2.75) is 19.5 Å². The number of anilines is 1. The van der Waals surface area contributed by atoms with Crippen molar-refractivity contribution in [3.63, 3.8) is 0 Å². The summed E-state index contributed by atoms with van der Waals surface area (Å²) >= 11 is 0.884. The zero-order chi connectivity index (χ0) is 19.8. The number of fused-ring (bicyclic) bond motifs is 1. The van der Waals surface area contributed by atoms with Crippen molar-refractivity contribution in [1.82, 2.24) is 9.88 Å². The number of piperazine rings is 1. The number of benzene rings is 1. The lowest BCUT2D eigenvalue weighted by molar-refractivity contribution is -0.383. The standard InChI is InChI=1S/C16H17F3N4O3S/c1-2-3-21-4-6-22(7-5-21)15-20-14(24)11-8-10(16(17,18)19)9-12(23(25)26)13(11)27-15/h8-9H,2-7H2,1H3. The van der Waals surface area contributed by atoms with Gasteiger partial charge in [-0.25, -0.2) is 0 Å². The van der Waals surface area contributed by atoms with E-state index in [2.05, 4.69) is 16.8 Å². The van der Waals surface area contributed by atoms with E-state index < -0.39 is 27.9 Å². The summed E-state index contributed by atoms with van der Waals surface area (Å²) < 4.78 is 38.9. The Bertz CT molecular complexity index is 923. The molecule has 0 saturated carbocycles. The highest BCUT2D eigenvalue weighted by Gasteiger charge is 2.34. The highest BCUT2D eigenvalue weighted by Crippen LogP contribution is 2.38. The predicted octanol–water partition coefficient (Wildman–Crippen LogP) is 3.12. The van der Waals surface area contributed by atoms with Crippen LogP contribution in [0, 0.1) is 10.1 Å². The van der Waals surface area contributed by atoms with Gasteiger partial charge in [-0.1, -0.05) is 18.3 Å². The van der Waals surface area contributed by atoms with Crippen molar-refractivity contribution in [3.05, 3.63) is 38.2 Å². The summed E-state index contributed by atoms with van der Waals surface area (Å²) in [7, 11) is 0. The van der Waals surface area contributed by atoms with E-state index in [0.717, 1.165) is 37.4 Å². The minimum atomic E-state index is -4.79. The van der Waals surface area contributed by atoms with Crippen LogP contribution >= 0.6 is 11.3 Å². The van der Waals surface area contributed by atoms with Gasteiger partial charge >= 0.3 is 6.18 Å². The molecule has 1 aromatic heterocycles. The third kappa shape index (κ3) is 4.03. The zero-order valence-electron chi connectivity index (χ0n) is 14.5. The average molecular weight is 402 g/mol. The maximum absolute atomic E-state index is 13.0. The molecular formula is C16H17F3N4O3S. The van der Waals surface area contributed by atoms with Gasteiger partial charge in [-0.3, -0.25) is 19.8 Å². The van der Waals surface area contributed by atoms with E-state index in [1.54, 1.807) is 0 Å². The Morgan fingerprint density at radius 2 is 1.93 bits per heavy atom. The average Bonchev–Trinajstić information content (AvgIpc) is 2.61. The molecule has 0 N–H and O–H groups in total. The summed E-state index contributed by atoms with van der Waals surface area (Å²) in [5, 5.41) is 11.2. The second-order valence-electron chi connectivity index (χ2n) is 6.26. The van der Waals surface area contributed by atoms with Crippen LogP contribution in [-0.4, -0.2) is 47.5 Å². The van der Waals surface area contributed by atoms with Gasteiger partial charge in [0.15, 0.2) is 5.13 Å². The molecular weight excluding hydrogens is 385 g/mol. The van der Waals surface area contributed by atoms with Crippen molar-refractivity contribution in [2.75, 3.05) is 37.6 Å². The zero-order valence-corrected chi connectivity index (χ0v) is 15.3. The molecule has 7 nitrogen and oxygen atoms in total. The Hall–Kier alpha value is -2.27. The van der Waals surface area contributed by atoms with Gasteiger partial charge in [0.05, 0.1) is 15.9 Å². The van der Waals surface area contributed by atoms with Gasteiger partial charge in [-0.05, 0) is 19.0 Å². The minimum absolute atomic E-state index is 0.0843. The monoisotopic (exact) mass is 402 g/mol. The van der Waals surface area contributed by atoms with Crippen molar-refractivity contribution < 1.29 is 18.1 Å². The molecule has 3 rings (SSSR count). The maximum atomic E-state index is 13.0. The normalized spacial score (nSPS) is 16.1. The molecule has 0 amide bonds. The molecule has 1 aromatic carbocycles. The van der Waals surface area contributed by atoms with E-state index in [0.29, 0.717) is 30.4 Å². The fraction of sp³-hybridized carbons (Fsp3) is 0.500. The maximum Gasteiger partial charge on any atom is 0.416 e. The number of nitro benzene ring substituents is 1. The van der Waals surface area contributed by atoms with Crippen LogP contribution < -0.4 is 10.5 Å². The number of halogens is 3. The van der Waals surface area contributed by atoms with Crippen molar-refractivity contribution in [2.24, 2.45) is 0 Å². The number of nitrogens with zero attached hydrogens (tertiary/aromatic N) is 4. The van der Waals surface area contributed by atoms with E-state index in [1.165, 1.54) is 0 Å². The lowest BCUT2D eigenvalue weighted by Gasteiger charge is -2.34. The third-order valence-corrected chi connectivity index (χ3v) is 5.56. The summed E-state index contributed by atoms with van der Waals surface area (Å²) in [5.74, 6) is 0. The smallest absolute Gasteiger partial charge is 0.345 e. The van der Waals surface area contributed by atoms with Crippen molar-refractivity contribution in [3.8, 4) is 0 Å². The fourth-order valence-electron chi connectivity index (χ4n) is 3.05. The van der Waals surface area contributed by atoms with Gasteiger partial charge in [0.25, 0.3) is 11.2 Å². The molecule has 0 spiro atoms. The van der Waals surface area contributed by atoms with Gasteiger partial charge in [0.1, 0.15) is 4.70 Å². The molecule has 0 radical (unpaired) electrons. The first-order valence-electron chi connectivity index (χ1n) is 8.38. The molecule has 1 fully saturated rings. The molecule has 146 valence electrons. The largest absolute Gasteiger partial charge is 0.416 e. The number of aromatic nitrogens is 1. The van der Waals surface area contributed by atoms with Crippen LogP contribution in [0.2, 0.25) is 0 Å². The molecule has 2 aromatic rings. The van der Waals surface area contributed by atoms with Crippen LogP contribution in [-0.2, 0) is 6.18 Å².